The van der Waals surface area contributed by atoms with Gasteiger partial charge in [0.1, 0.15) is 0 Å². The van der Waals surface area contributed by atoms with E-state index in [9.17, 15) is 0 Å². The molecule has 2 fully saturated rings. The van der Waals surface area contributed by atoms with Crippen molar-refractivity contribution in [2.45, 2.75) is 38.3 Å². The van der Waals surface area contributed by atoms with Crippen molar-refractivity contribution in [3.05, 3.63) is 0 Å². The molecule has 0 aliphatic carbocycles. The van der Waals surface area contributed by atoms with Crippen LogP contribution < -0.4 is 11.1 Å². The fraction of sp³-hybridized carbons (Fsp3) is 1.00. The van der Waals surface area contributed by atoms with Gasteiger partial charge in [-0.15, -0.1) is 0 Å². The van der Waals surface area contributed by atoms with Gasteiger partial charge in [-0.3, -0.25) is 0 Å². The van der Waals surface area contributed by atoms with Crippen molar-refractivity contribution in [3.8, 4) is 0 Å². The molecule has 0 aromatic heterocycles. The summed E-state index contributed by atoms with van der Waals surface area (Å²) in [5, 5.41) is 3.50. The van der Waals surface area contributed by atoms with Crippen molar-refractivity contribution in [1.29, 1.82) is 0 Å². The molecule has 0 bridgehead atoms. The smallest absolute Gasteiger partial charge is 0.0779 e. The van der Waals surface area contributed by atoms with E-state index in [-0.39, 0.29) is 17.1 Å². The zero-order valence-corrected chi connectivity index (χ0v) is 10.4. The SMILES string of the molecule is CC1(CNCC2(C)COCC2N)CCCO1. The van der Waals surface area contributed by atoms with Crippen LogP contribution in [-0.4, -0.2) is 44.6 Å². The molecule has 16 heavy (non-hydrogen) atoms. The lowest BCUT2D eigenvalue weighted by Crippen LogP contribution is -2.48. The molecule has 0 spiro atoms. The highest BCUT2D eigenvalue weighted by molar-refractivity contribution is 4.93. The van der Waals surface area contributed by atoms with Gasteiger partial charge in [0.2, 0.25) is 0 Å². The highest BCUT2D eigenvalue weighted by Gasteiger charge is 2.38. The van der Waals surface area contributed by atoms with Crippen molar-refractivity contribution < 1.29 is 9.47 Å². The van der Waals surface area contributed by atoms with Gasteiger partial charge in [0.25, 0.3) is 0 Å². The van der Waals surface area contributed by atoms with E-state index >= 15 is 0 Å². The zero-order chi connectivity index (χ0) is 11.6. The standard InChI is InChI=1S/C12H24N2O2/c1-11(9-15-6-10(11)13)7-14-8-12(2)4-3-5-16-12/h10,14H,3-9,13H2,1-2H3. The molecule has 0 aromatic carbocycles. The molecular weight excluding hydrogens is 204 g/mol. The lowest BCUT2D eigenvalue weighted by molar-refractivity contribution is 0.0185. The van der Waals surface area contributed by atoms with Gasteiger partial charge in [-0.25, -0.2) is 0 Å². The van der Waals surface area contributed by atoms with E-state index in [1.807, 2.05) is 0 Å². The first-order valence-electron chi connectivity index (χ1n) is 6.22. The van der Waals surface area contributed by atoms with E-state index in [1.165, 1.54) is 6.42 Å². The number of hydrogen-bond donors (Lipinski definition) is 2. The monoisotopic (exact) mass is 228 g/mol. The molecule has 4 nitrogen and oxygen atoms in total. The highest BCUT2D eigenvalue weighted by atomic mass is 16.5. The maximum atomic E-state index is 6.04. The Labute approximate surface area is 97.9 Å². The number of rotatable bonds is 4. The van der Waals surface area contributed by atoms with E-state index in [4.69, 9.17) is 15.2 Å². The van der Waals surface area contributed by atoms with E-state index in [1.54, 1.807) is 0 Å². The summed E-state index contributed by atoms with van der Waals surface area (Å²) in [7, 11) is 0. The molecular formula is C12H24N2O2. The van der Waals surface area contributed by atoms with Crippen LogP contribution in [-0.2, 0) is 9.47 Å². The van der Waals surface area contributed by atoms with Gasteiger partial charge in [-0.05, 0) is 19.8 Å². The molecule has 2 saturated heterocycles. The summed E-state index contributed by atoms with van der Waals surface area (Å²) in [6.45, 7) is 8.54. The van der Waals surface area contributed by atoms with Gasteiger partial charge in [0.15, 0.2) is 0 Å². The fourth-order valence-corrected chi connectivity index (χ4v) is 2.50. The Kier molecular flexibility index (Phi) is 3.54. The first-order valence-corrected chi connectivity index (χ1v) is 6.22. The molecule has 2 heterocycles. The number of ether oxygens (including phenoxy) is 2. The Morgan fingerprint density at radius 1 is 1.38 bits per heavy atom. The lowest BCUT2D eigenvalue weighted by atomic mass is 9.85. The molecule has 4 heteroatoms. The van der Waals surface area contributed by atoms with Crippen molar-refractivity contribution in [2.75, 3.05) is 32.9 Å². The molecule has 2 rings (SSSR count). The predicted molar refractivity (Wildman–Crippen MR) is 63.4 cm³/mol. The van der Waals surface area contributed by atoms with Gasteiger partial charge < -0.3 is 20.5 Å². The van der Waals surface area contributed by atoms with Crippen LogP contribution in [0.5, 0.6) is 0 Å². The maximum absolute atomic E-state index is 6.04. The third-order valence-corrected chi connectivity index (χ3v) is 3.95. The summed E-state index contributed by atoms with van der Waals surface area (Å²) in [6, 6.07) is 0.150. The summed E-state index contributed by atoms with van der Waals surface area (Å²) in [5.41, 5.74) is 6.15. The Morgan fingerprint density at radius 3 is 2.75 bits per heavy atom. The second-order valence-corrected chi connectivity index (χ2v) is 5.78. The number of nitrogens with two attached hydrogens (primary N) is 1. The zero-order valence-electron chi connectivity index (χ0n) is 10.4. The fourth-order valence-electron chi connectivity index (χ4n) is 2.50. The minimum absolute atomic E-state index is 0.0277. The van der Waals surface area contributed by atoms with Crippen LogP contribution in [0.1, 0.15) is 26.7 Å². The molecule has 2 aliphatic heterocycles. The predicted octanol–water partition coefficient (Wildman–Crippen LogP) is 0.509. The minimum Gasteiger partial charge on any atom is -0.379 e. The average Bonchev–Trinajstić information content (AvgIpc) is 2.77. The maximum Gasteiger partial charge on any atom is 0.0779 e. The highest BCUT2D eigenvalue weighted by Crippen LogP contribution is 2.27. The van der Waals surface area contributed by atoms with Crippen LogP contribution in [0.3, 0.4) is 0 Å². The second-order valence-electron chi connectivity index (χ2n) is 5.78. The Bertz CT molecular complexity index is 241. The van der Waals surface area contributed by atoms with Gasteiger partial charge >= 0.3 is 0 Å². The largest absolute Gasteiger partial charge is 0.379 e. The Morgan fingerprint density at radius 2 is 2.19 bits per heavy atom. The van der Waals surface area contributed by atoms with E-state index in [2.05, 4.69) is 19.2 Å². The van der Waals surface area contributed by atoms with E-state index in [0.717, 1.165) is 32.7 Å². The Balaban J connectivity index is 1.75. The normalized spacial score (nSPS) is 44.1. The summed E-state index contributed by atoms with van der Waals surface area (Å²) < 4.78 is 11.2. The van der Waals surface area contributed by atoms with Crippen molar-refractivity contribution in [2.24, 2.45) is 11.1 Å². The first-order chi connectivity index (χ1) is 7.54. The van der Waals surface area contributed by atoms with Crippen LogP contribution in [0.25, 0.3) is 0 Å². The van der Waals surface area contributed by atoms with Crippen molar-refractivity contribution in [1.82, 2.24) is 5.32 Å². The topological polar surface area (TPSA) is 56.5 Å². The lowest BCUT2D eigenvalue weighted by Gasteiger charge is -2.30. The van der Waals surface area contributed by atoms with Crippen LogP contribution >= 0.6 is 0 Å². The van der Waals surface area contributed by atoms with Crippen molar-refractivity contribution >= 4 is 0 Å². The molecule has 3 unspecified atom stereocenters. The molecule has 94 valence electrons. The van der Waals surface area contributed by atoms with Crippen LogP contribution in [0.4, 0.5) is 0 Å². The van der Waals surface area contributed by atoms with Crippen LogP contribution in [0, 0.1) is 5.41 Å². The minimum atomic E-state index is 0.0277. The first kappa shape index (κ1) is 12.3. The van der Waals surface area contributed by atoms with E-state index < -0.39 is 0 Å². The Hall–Kier alpha value is -0.160. The van der Waals surface area contributed by atoms with Crippen LogP contribution in [0.15, 0.2) is 0 Å². The number of nitrogens with one attached hydrogen (secondary N) is 1. The van der Waals surface area contributed by atoms with Gasteiger partial charge in [0.05, 0.1) is 18.8 Å². The summed E-state index contributed by atoms with van der Waals surface area (Å²) in [4.78, 5) is 0. The third kappa shape index (κ3) is 2.56. The summed E-state index contributed by atoms with van der Waals surface area (Å²) >= 11 is 0. The molecule has 3 atom stereocenters. The second kappa shape index (κ2) is 4.61. The van der Waals surface area contributed by atoms with Gasteiger partial charge in [0, 0.05) is 31.2 Å². The average molecular weight is 228 g/mol. The third-order valence-electron chi connectivity index (χ3n) is 3.95. The number of hydrogen-bond acceptors (Lipinski definition) is 4. The quantitative estimate of drug-likeness (QED) is 0.736. The van der Waals surface area contributed by atoms with Gasteiger partial charge in [-0.1, -0.05) is 6.92 Å². The summed E-state index contributed by atoms with van der Waals surface area (Å²) in [6.07, 6.45) is 2.33. The van der Waals surface area contributed by atoms with Crippen LogP contribution in [0.2, 0.25) is 0 Å². The molecule has 0 saturated carbocycles. The van der Waals surface area contributed by atoms with E-state index in [0.29, 0.717) is 6.61 Å². The van der Waals surface area contributed by atoms with Gasteiger partial charge in [-0.2, -0.15) is 0 Å². The summed E-state index contributed by atoms with van der Waals surface area (Å²) in [5.74, 6) is 0. The molecule has 3 N–H and O–H groups in total. The molecule has 0 amide bonds. The molecule has 0 aromatic rings. The molecule has 2 aliphatic rings. The van der Waals surface area contributed by atoms with Crippen molar-refractivity contribution in [3.63, 3.8) is 0 Å². The molecule has 0 radical (unpaired) electrons.